The molecule has 2 N–H and O–H groups in total. The van der Waals surface area contributed by atoms with Crippen LogP contribution in [0.25, 0.3) is 0 Å². The summed E-state index contributed by atoms with van der Waals surface area (Å²) >= 11 is 0. The van der Waals surface area contributed by atoms with E-state index in [1.165, 1.54) is 12.1 Å². The lowest BCUT2D eigenvalue weighted by Gasteiger charge is -2.10. The summed E-state index contributed by atoms with van der Waals surface area (Å²) in [6.45, 7) is 4.57. The Kier molecular flexibility index (Phi) is 4.29. The molecule has 0 unspecified atom stereocenters. The molecule has 0 amide bonds. The van der Waals surface area contributed by atoms with Crippen LogP contribution in [0.3, 0.4) is 0 Å². The minimum absolute atomic E-state index is 0.328. The fourth-order valence-corrected chi connectivity index (χ4v) is 1.15. The lowest BCUT2D eigenvalue weighted by atomic mass is 10.1. The molecule has 0 aromatic heterocycles. The Bertz CT molecular complexity index is 301. The van der Waals surface area contributed by atoms with E-state index in [0.717, 1.165) is 0 Å². The number of rotatable bonds is 5. The van der Waals surface area contributed by atoms with Gasteiger partial charge >= 0.3 is 0 Å². The van der Waals surface area contributed by atoms with E-state index >= 15 is 0 Å². The van der Waals surface area contributed by atoms with Crippen molar-refractivity contribution in [1.29, 1.82) is 0 Å². The molecule has 0 spiro atoms. The molecule has 0 aliphatic heterocycles. The number of hydrogen-bond acceptors (Lipinski definition) is 2. The average Bonchev–Trinajstić information content (AvgIpc) is 2.18. The topological polar surface area (TPSA) is 32.3 Å². The van der Waals surface area contributed by atoms with Crippen molar-refractivity contribution in [3.05, 3.63) is 48.3 Å². The van der Waals surface area contributed by atoms with Gasteiger partial charge in [0, 0.05) is 13.1 Å². The second-order valence-corrected chi connectivity index (χ2v) is 3.02. The Morgan fingerprint density at radius 1 is 1.57 bits per heavy atom. The first-order chi connectivity index (χ1) is 6.74. The van der Waals surface area contributed by atoms with Crippen LogP contribution in [-0.4, -0.2) is 18.2 Å². The molecule has 0 saturated carbocycles. The van der Waals surface area contributed by atoms with Crippen molar-refractivity contribution in [2.24, 2.45) is 0 Å². The van der Waals surface area contributed by atoms with Crippen molar-refractivity contribution in [1.82, 2.24) is 5.32 Å². The van der Waals surface area contributed by atoms with Gasteiger partial charge in [0.15, 0.2) is 0 Å². The number of hydrogen-bond donors (Lipinski definition) is 2. The lowest BCUT2D eigenvalue weighted by molar-refractivity contribution is 0.176. The van der Waals surface area contributed by atoms with Crippen LogP contribution in [0.1, 0.15) is 11.7 Å². The second-order valence-electron chi connectivity index (χ2n) is 3.02. The first-order valence-electron chi connectivity index (χ1n) is 4.49. The molecule has 0 aliphatic carbocycles. The van der Waals surface area contributed by atoms with E-state index in [4.69, 9.17) is 0 Å². The number of halogens is 1. The zero-order valence-corrected chi connectivity index (χ0v) is 7.91. The molecule has 1 rings (SSSR count). The zero-order valence-electron chi connectivity index (χ0n) is 7.91. The van der Waals surface area contributed by atoms with Crippen molar-refractivity contribution >= 4 is 0 Å². The molecule has 2 nitrogen and oxygen atoms in total. The molecular formula is C11H14FNO. The van der Waals surface area contributed by atoms with Crippen molar-refractivity contribution < 1.29 is 9.50 Å². The highest BCUT2D eigenvalue weighted by Gasteiger charge is 2.06. The van der Waals surface area contributed by atoms with Crippen LogP contribution >= 0.6 is 0 Å². The van der Waals surface area contributed by atoms with Gasteiger partial charge in [-0.05, 0) is 17.7 Å². The average molecular weight is 195 g/mol. The van der Waals surface area contributed by atoms with Gasteiger partial charge in [-0.25, -0.2) is 4.39 Å². The third-order valence-corrected chi connectivity index (χ3v) is 1.86. The van der Waals surface area contributed by atoms with Crippen molar-refractivity contribution in [2.75, 3.05) is 13.1 Å². The fraction of sp³-hybridized carbons (Fsp3) is 0.273. The van der Waals surface area contributed by atoms with Crippen molar-refractivity contribution in [3.63, 3.8) is 0 Å². The molecule has 0 radical (unpaired) electrons. The molecule has 76 valence electrons. The summed E-state index contributed by atoms with van der Waals surface area (Å²) in [5.41, 5.74) is 0.585. The minimum atomic E-state index is -0.675. The summed E-state index contributed by atoms with van der Waals surface area (Å²) in [5, 5.41) is 12.6. The van der Waals surface area contributed by atoms with E-state index in [2.05, 4.69) is 11.9 Å². The maximum atomic E-state index is 12.8. The predicted molar refractivity (Wildman–Crippen MR) is 54.4 cm³/mol. The summed E-state index contributed by atoms with van der Waals surface area (Å²) in [7, 11) is 0. The molecule has 14 heavy (non-hydrogen) atoms. The number of benzene rings is 1. The van der Waals surface area contributed by atoms with E-state index in [0.29, 0.717) is 18.7 Å². The lowest BCUT2D eigenvalue weighted by Crippen LogP contribution is -2.21. The van der Waals surface area contributed by atoms with E-state index in [1.54, 1.807) is 18.2 Å². The van der Waals surface area contributed by atoms with Crippen molar-refractivity contribution in [2.45, 2.75) is 6.10 Å². The summed E-state index contributed by atoms with van der Waals surface area (Å²) in [6, 6.07) is 5.97. The molecule has 0 aliphatic rings. The van der Waals surface area contributed by atoms with Gasteiger partial charge in [-0.3, -0.25) is 0 Å². The van der Waals surface area contributed by atoms with Gasteiger partial charge in [0.2, 0.25) is 0 Å². The van der Waals surface area contributed by atoms with E-state index in [-0.39, 0.29) is 5.82 Å². The predicted octanol–water partition coefficient (Wildman–Crippen LogP) is 1.63. The quantitative estimate of drug-likeness (QED) is 0.553. The van der Waals surface area contributed by atoms with Gasteiger partial charge < -0.3 is 10.4 Å². The van der Waals surface area contributed by atoms with Gasteiger partial charge in [0.05, 0.1) is 6.10 Å². The largest absolute Gasteiger partial charge is 0.387 e. The standard InChI is InChI=1S/C11H14FNO/c1-2-6-13-8-11(14)9-4-3-5-10(12)7-9/h2-5,7,11,13-14H,1,6,8H2/t11-/m0/s1. The van der Waals surface area contributed by atoms with Crippen LogP contribution in [0, 0.1) is 5.82 Å². The third kappa shape index (κ3) is 3.28. The molecule has 0 fully saturated rings. The molecule has 0 heterocycles. The van der Waals surface area contributed by atoms with Crippen LogP contribution in [0.15, 0.2) is 36.9 Å². The molecule has 0 saturated heterocycles. The van der Waals surface area contributed by atoms with Crippen molar-refractivity contribution in [3.8, 4) is 0 Å². The Labute approximate surface area is 83.1 Å². The number of nitrogens with one attached hydrogen (secondary N) is 1. The highest BCUT2D eigenvalue weighted by Crippen LogP contribution is 2.12. The Balaban J connectivity index is 2.51. The first-order valence-corrected chi connectivity index (χ1v) is 4.49. The summed E-state index contributed by atoms with van der Waals surface area (Å²) in [5.74, 6) is -0.328. The Morgan fingerprint density at radius 3 is 3.00 bits per heavy atom. The molecule has 0 bridgehead atoms. The maximum Gasteiger partial charge on any atom is 0.123 e. The monoisotopic (exact) mass is 195 g/mol. The van der Waals surface area contributed by atoms with Gasteiger partial charge in [-0.15, -0.1) is 6.58 Å². The summed E-state index contributed by atoms with van der Waals surface area (Å²) < 4.78 is 12.8. The van der Waals surface area contributed by atoms with Gasteiger partial charge in [-0.2, -0.15) is 0 Å². The Hall–Kier alpha value is -1.19. The molecule has 1 atom stereocenters. The number of aliphatic hydroxyl groups excluding tert-OH is 1. The van der Waals surface area contributed by atoms with Crippen LogP contribution in [-0.2, 0) is 0 Å². The van der Waals surface area contributed by atoms with E-state index < -0.39 is 6.10 Å². The number of aliphatic hydroxyl groups is 1. The second kappa shape index (κ2) is 5.52. The molecule has 1 aromatic carbocycles. The minimum Gasteiger partial charge on any atom is -0.387 e. The fourth-order valence-electron chi connectivity index (χ4n) is 1.15. The highest BCUT2D eigenvalue weighted by atomic mass is 19.1. The van der Waals surface area contributed by atoms with Gasteiger partial charge in [0.1, 0.15) is 5.82 Å². The zero-order chi connectivity index (χ0) is 10.4. The summed E-state index contributed by atoms with van der Waals surface area (Å²) in [4.78, 5) is 0. The highest BCUT2D eigenvalue weighted by molar-refractivity contribution is 5.18. The SMILES string of the molecule is C=CCNC[C@H](O)c1cccc(F)c1. The molecule has 3 heteroatoms. The maximum absolute atomic E-state index is 12.8. The smallest absolute Gasteiger partial charge is 0.123 e. The molecule has 1 aromatic rings. The Morgan fingerprint density at radius 2 is 2.36 bits per heavy atom. The van der Waals surface area contributed by atoms with Crippen LogP contribution in [0.5, 0.6) is 0 Å². The van der Waals surface area contributed by atoms with Crippen LogP contribution in [0.4, 0.5) is 4.39 Å². The first kappa shape index (κ1) is 10.9. The van der Waals surface area contributed by atoms with Crippen LogP contribution < -0.4 is 5.32 Å². The molecular weight excluding hydrogens is 181 g/mol. The van der Waals surface area contributed by atoms with Crippen LogP contribution in [0.2, 0.25) is 0 Å². The van der Waals surface area contributed by atoms with Gasteiger partial charge in [0.25, 0.3) is 0 Å². The summed E-state index contributed by atoms with van der Waals surface area (Å²) in [6.07, 6.45) is 1.03. The third-order valence-electron chi connectivity index (χ3n) is 1.86. The van der Waals surface area contributed by atoms with Gasteiger partial charge in [-0.1, -0.05) is 18.2 Å². The normalized spacial score (nSPS) is 12.4. The van der Waals surface area contributed by atoms with E-state index in [9.17, 15) is 9.50 Å². The van der Waals surface area contributed by atoms with E-state index in [1.807, 2.05) is 0 Å².